The number of aromatic hydroxyl groups is 1. The van der Waals surface area contributed by atoms with Gasteiger partial charge in [-0.2, -0.15) is 4.57 Å². The number of aryl methyl sites for hydroxylation is 1. The van der Waals surface area contributed by atoms with E-state index in [4.69, 9.17) is 31.7 Å². The van der Waals surface area contributed by atoms with E-state index in [1.165, 1.54) is 0 Å². The minimum Gasteiger partial charge on any atom is -0.726 e. The van der Waals surface area contributed by atoms with Gasteiger partial charge in [-0.15, -0.1) is 0 Å². The summed E-state index contributed by atoms with van der Waals surface area (Å²) >= 11 is 0. The molecule has 32 heavy (non-hydrogen) atoms. The highest BCUT2D eigenvalue weighted by molar-refractivity contribution is 7.79. The van der Waals surface area contributed by atoms with E-state index in [0.29, 0.717) is 5.75 Å². The molecule has 172 valence electrons. The number of ether oxygens (including phenoxy) is 3. The molecule has 1 aromatic heterocycles. The maximum atomic E-state index is 10.5. The van der Waals surface area contributed by atoms with E-state index in [1.807, 2.05) is 36.0 Å². The molecule has 0 saturated carbocycles. The predicted octanol–water partition coefficient (Wildman–Crippen LogP) is 0.769. The highest BCUT2D eigenvalue weighted by atomic mass is 32.3. The molecule has 5 rings (SSSR count). The lowest BCUT2D eigenvalue weighted by Gasteiger charge is -2.10. The standard InChI is InChI=1S/C20H15NO4.H2O4S.2H2O/c1-21-9-15-12(5-6-16(23-2)20(15)22)13-4-3-11-7-17-18(25-10-24-17)8-14(11)19(13)21;1-5(2,3)4;;/h3-9H,10H2,1-2H3;(H2,1,2,3,4);2*1H2. The second-order valence-electron chi connectivity index (χ2n) is 6.63. The van der Waals surface area contributed by atoms with Crippen molar-refractivity contribution >= 4 is 42.8 Å². The Balaban J connectivity index is 0.000000472. The van der Waals surface area contributed by atoms with Crippen LogP contribution in [0.4, 0.5) is 0 Å². The molecule has 0 spiro atoms. The number of hydrogen-bond acceptors (Lipinski definition) is 7. The normalized spacial score (nSPS) is 12.0. The highest BCUT2D eigenvalue weighted by Gasteiger charge is 2.21. The van der Waals surface area contributed by atoms with Crippen molar-refractivity contribution in [3.63, 3.8) is 0 Å². The average Bonchev–Trinajstić information content (AvgIpc) is 3.13. The van der Waals surface area contributed by atoms with Gasteiger partial charge in [0.05, 0.1) is 23.3 Å². The average molecular weight is 467 g/mol. The van der Waals surface area contributed by atoms with Gasteiger partial charge in [0.25, 0.3) is 0 Å². The molecule has 0 bridgehead atoms. The quantitative estimate of drug-likeness (QED) is 0.177. The molecule has 0 radical (unpaired) electrons. The Kier molecular flexibility index (Phi) is 6.97. The molecule has 6 N–H and O–H groups in total. The molecule has 0 amide bonds. The van der Waals surface area contributed by atoms with E-state index in [9.17, 15) is 5.11 Å². The van der Waals surface area contributed by atoms with Crippen molar-refractivity contribution in [2.24, 2.45) is 7.05 Å². The van der Waals surface area contributed by atoms with Crippen LogP contribution in [0.3, 0.4) is 0 Å². The van der Waals surface area contributed by atoms with Crippen LogP contribution in [0.1, 0.15) is 0 Å². The fraction of sp³-hybridized carbons (Fsp3) is 0.150. The maximum Gasteiger partial charge on any atom is 0.231 e. The Morgan fingerprint density at radius 1 is 1.00 bits per heavy atom. The zero-order valence-electron chi connectivity index (χ0n) is 16.9. The van der Waals surface area contributed by atoms with Gasteiger partial charge in [-0.3, -0.25) is 4.55 Å². The lowest BCUT2D eigenvalue weighted by atomic mass is 10.00. The number of aromatic nitrogens is 1. The lowest BCUT2D eigenvalue weighted by molar-refractivity contribution is -0.642. The first kappa shape index (κ1) is 24.8. The zero-order valence-corrected chi connectivity index (χ0v) is 17.8. The number of phenols is 1. The number of nitrogens with zero attached hydrogens (tertiary/aromatic N) is 1. The first-order chi connectivity index (χ1) is 14.2. The van der Waals surface area contributed by atoms with Crippen molar-refractivity contribution in [2.75, 3.05) is 13.9 Å². The van der Waals surface area contributed by atoms with Crippen molar-refractivity contribution in [2.45, 2.75) is 0 Å². The van der Waals surface area contributed by atoms with Gasteiger partial charge in [0.1, 0.15) is 7.05 Å². The van der Waals surface area contributed by atoms with Crippen molar-refractivity contribution in [1.82, 2.24) is 0 Å². The number of fused-ring (bicyclic) bond motifs is 6. The summed E-state index contributed by atoms with van der Waals surface area (Å²) in [7, 11) is -1.39. The van der Waals surface area contributed by atoms with E-state index in [2.05, 4.69) is 12.1 Å². The third-order valence-corrected chi connectivity index (χ3v) is 4.85. The minimum atomic E-state index is -4.92. The number of phenolic OH excluding ortho intramolecular Hbond substituents is 1. The molecular formula is C20H21NO10S. The molecule has 0 saturated heterocycles. The summed E-state index contributed by atoms with van der Waals surface area (Å²) in [6.07, 6.45) is 1.93. The van der Waals surface area contributed by atoms with Crippen LogP contribution < -0.4 is 18.8 Å². The fourth-order valence-corrected chi connectivity index (χ4v) is 3.67. The highest BCUT2D eigenvalue weighted by Crippen LogP contribution is 2.41. The van der Waals surface area contributed by atoms with Crippen molar-refractivity contribution in [3.8, 4) is 23.0 Å². The predicted molar refractivity (Wildman–Crippen MR) is 114 cm³/mol. The number of rotatable bonds is 1. The molecule has 1 aliphatic rings. The van der Waals surface area contributed by atoms with E-state index >= 15 is 0 Å². The molecule has 11 nitrogen and oxygen atoms in total. The Hall–Kier alpha value is -3.42. The summed E-state index contributed by atoms with van der Waals surface area (Å²) in [4.78, 5) is 0. The number of hydrogen-bond donors (Lipinski definition) is 2. The number of benzene rings is 3. The second-order valence-corrected chi connectivity index (χ2v) is 7.49. The Labute approximate surface area is 182 Å². The summed E-state index contributed by atoms with van der Waals surface area (Å²) in [5.74, 6) is 2.16. The van der Waals surface area contributed by atoms with Crippen LogP contribution in [0.5, 0.6) is 23.0 Å². The van der Waals surface area contributed by atoms with Gasteiger partial charge >= 0.3 is 0 Å². The van der Waals surface area contributed by atoms with Crippen LogP contribution in [0, 0.1) is 0 Å². The van der Waals surface area contributed by atoms with Crippen LogP contribution in [0.15, 0.2) is 42.6 Å². The van der Waals surface area contributed by atoms with E-state index < -0.39 is 10.4 Å². The van der Waals surface area contributed by atoms with E-state index in [1.54, 1.807) is 13.2 Å². The molecule has 2 heterocycles. The van der Waals surface area contributed by atoms with Gasteiger partial charge < -0.3 is 34.8 Å². The van der Waals surface area contributed by atoms with E-state index in [-0.39, 0.29) is 23.5 Å². The van der Waals surface area contributed by atoms with Crippen LogP contribution in [0.25, 0.3) is 32.4 Å². The van der Waals surface area contributed by atoms with Crippen molar-refractivity contribution in [1.29, 1.82) is 0 Å². The smallest absolute Gasteiger partial charge is 0.231 e. The Morgan fingerprint density at radius 2 is 1.59 bits per heavy atom. The Bertz CT molecular complexity index is 1410. The van der Waals surface area contributed by atoms with Gasteiger partial charge in [0, 0.05) is 5.39 Å². The summed E-state index contributed by atoms with van der Waals surface area (Å²) in [5.41, 5.74) is 1.08. The van der Waals surface area contributed by atoms with Crippen LogP contribution in [-0.2, 0) is 17.4 Å². The largest absolute Gasteiger partial charge is 0.726 e. The topological polar surface area (TPSA) is 192 Å². The molecule has 1 aliphatic heterocycles. The van der Waals surface area contributed by atoms with Crippen LogP contribution >= 0.6 is 0 Å². The van der Waals surface area contributed by atoms with Gasteiger partial charge in [-0.1, -0.05) is 6.07 Å². The maximum absolute atomic E-state index is 10.5. The summed E-state index contributed by atoms with van der Waals surface area (Å²) in [6, 6.07) is 12.0. The first-order valence-corrected chi connectivity index (χ1v) is 10.1. The molecule has 0 fully saturated rings. The number of pyridine rings is 1. The molecular weight excluding hydrogens is 446 g/mol. The van der Waals surface area contributed by atoms with Crippen LogP contribution in [0.2, 0.25) is 0 Å². The van der Waals surface area contributed by atoms with Crippen molar-refractivity contribution in [3.05, 3.63) is 42.6 Å². The second kappa shape index (κ2) is 8.98. The lowest BCUT2D eigenvalue weighted by Crippen LogP contribution is -2.28. The summed E-state index contributed by atoms with van der Waals surface area (Å²) in [6.45, 7) is 0.256. The zero-order chi connectivity index (χ0) is 21.6. The van der Waals surface area contributed by atoms with Gasteiger partial charge in [-0.25, -0.2) is 8.42 Å². The van der Waals surface area contributed by atoms with Gasteiger partial charge in [0.15, 0.2) is 29.2 Å². The third kappa shape index (κ3) is 4.44. The Morgan fingerprint density at radius 3 is 2.22 bits per heavy atom. The fourth-order valence-electron chi connectivity index (χ4n) is 3.67. The SMILES string of the molecule is COc1ccc2c(c[n+](C)c3c4cc5c(cc4ccc23)OCO5)c1O.O.O.O=S(=O)([O-])O. The molecule has 0 aliphatic carbocycles. The molecule has 0 atom stereocenters. The monoisotopic (exact) mass is 467 g/mol. The summed E-state index contributed by atoms with van der Waals surface area (Å²) < 4.78 is 51.1. The number of methoxy groups -OCH3 is 1. The van der Waals surface area contributed by atoms with Gasteiger partial charge in [-0.05, 0) is 35.7 Å². The molecule has 12 heteroatoms. The van der Waals surface area contributed by atoms with Gasteiger partial charge in [0.2, 0.25) is 22.7 Å². The third-order valence-electron chi connectivity index (χ3n) is 4.85. The first-order valence-electron chi connectivity index (χ1n) is 8.70. The molecule has 4 aromatic rings. The molecule has 0 unspecified atom stereocenters. The summed E-state index contributed by atoms with van der Waals surface area (Å²) in [5, 5.41) is 15.5. The van der Waals surface area contributed by atoms with Crippen LogP contribution in [-0.4, -0.2) is 47.5 Å². The minimum absolute atomic E-state index is 0. The van der Waals surface area contributed by atoms with E-state index in [0.717, 1.165) is 43.9 Å². The molecule has 3 aromatic carbocycles. The van der Waals surface area contributed by atoms with Crippen molar-refractivity contribution < 1.29 is 52.4 Å².